The molecule has 0 aliphatic rings. The summed E-state index contributed by atoms with van der Waals surface area (Å²) >= 11 is 5.81. The van der Waals surface area contributed by atoms with Crippen LogP contribution in [0, 0.1) is 6.92 Å². The number of furan rings is 1. The first-order valence-electron chi connectivity index (χ1n) is 5.87. The minimum Gasteiger partial charge on any atom is -0.495 e. The lowest BCUT2D eigenvalue weighted by atomic mass is 10.3. The Morgan fingerprint density at radius 1 is 1.33 bits per heavy atom. The monoisotopic (exact) mass is 328 g/mol. The highest BCUT2D eigenvalue weighted by Gasteiger charge is 2.19. The van der Waals surface area contributed by atoms with Crippen molar-refractivity contribution in [2.24, 2.45) is 5.10 Å². The molecule has 0 unspecified atom stereocenters. The van der Waals surface area contributed by atoms with E-state index in [-0.39, 0.29) is 15.7 Å². The van der Waals surface area contributed by atoms with Crippen molar-refractivity contribution in [1.82, 2.24) is 4.83 Å². The van der Waals surface area contributed by atoms with Gasteiger partial charge in [0.25, 0.3) is 10.0 Å². The highest BCUT2D eigenvalue weighted by molar-refractivity contribution is 7.89. The van der Waals surface area contributed by atoms with Crippen LogP contribution >= 0.6 is 11.6 Å². The average molecular weight is 329 g/mol. The first kappa shape index (κ1) is 15.4. The van der Waals surface area contributed by atoms with Crippen molar-refractivity contribution >= 4 is 27.8 Å². The molecule has 0 radical (unpaired) electrons. The van der Waals surface area contributed by atoms with Crippen molar-refractivity contribution < 1.29 is 17.6 Å². The van der Waals surface area contributed by atoms with Crippen molar-refractivity contribution in [3.8, 4) is 5.75 Å². The van der Waals surface area contributed by atoms with E-state index in [2.05, 4.69) is 9.93 Å². The van der Waals surface area contributed by atoms with E-state index in [1.807, 2.05) is 0 Å². The zero-order chi connectivity index (χ0) is 15.5. The maximum Gasteiger partial charge on any atom is 0.280 e. The fourth-order valence-electron chi connectivity index (χ4n) is 1.59. The average Bonchev–Trinajstić information content (AvgIpc) is 2.84. The Balaban J connectivity index is 2.22. The number of hydrogen-bond donors (Lipinski definition) is 1. The molecule has 21 heavy (non-hydrogen) atoms. The largest absolute Gasteiger partial charge is 0.495 e. The summed E-state index contributed by atoms with van der Waals surface area (Å²) in [6, 6.07) is 7.71. The van der Waals surface area contributed by atoms with Gasteiger partial charge in [-0.05, 0) is 37.3 Å². The lowest BCUT2D eigenvalue weighted by molar-refractivity contribution is 0.402. The molecule has 6 nitrogen and oxygen atoms in total. The fourth-order valence-corrected chi connectivity index (χ4v) is 2.82. The summed E-state index contributed by atoms with van der Waals surface area (Å²) in [5, 5.41) is 3.93. The molecule has 8 heteroatoms. The van der Waals surface area contributed by atoms with Crippen molar-refractivity contribution in [1.29, 1.82) is 0 Å². The van der Waals surface area contributed by atoms with E-state index in [0.29, 0.717) is 11.5 Å². The molecule has 0 saturated heterocycles. The van der Waals surface area contributed by atoms with Gasteiger partial charge >= 0.3 is 0 Å². The lowest BCUT2D eigenvalue weighted by Gasteiger charge is -2.08. The Morgan fingerprint density at radius 2 is 2.10 bits per heavy atom. The molecule has 0 amide bonds. The van der Waals surface area contributed by atoms with E-state index < -0.39 is 10.0 Å². The molecule has 0 aliphatic heterocycles. The number of benzene rings is 1. The van der Waals surface area contributed by atoms with E-state index in [4.69, 9.17) is 20.8 Å². The number of halogens is 1. The van der Waals surface area contributed by atoms with Crippen LogP contribution in [0.1, 0.15) is 11.5 Å². The number of hydrogen-bond acceptors (Lipinski definition) is 5. The topological polar surface area (TPSA) is 80.9 Å². The Hall–Kier alpha value is -1.99. The third-order valence-corrected chi connectivity index (χ3v) is 4.02. The van der Waals surface area contributed by atoms with Gasteiger partial charge in [0, 0.05) is 5.02 Å². The van der Waals surface area contributed by atoms with Crippen LogP contribution in [0.2, 0.25) is 5.02 Å². The minimum absolute atomic E-state index is 0.0923. The van der Waals surface area contributed by atoms with Gasteiger partial charge in [-0.2, -0.15) is 18.4 Å². The predicted octanol–water partition coefficient (Wildman–Crippen LogP) is 2.56. The second-order valence-electron chi connectivity index (χ2n) is 4.10. The summed E-state index contributed by atoms with van der Waals surface area (Å²) in [6.07, 6.45) is 1.27. The normalized spacial score (nSPS) is 11.8. The molecule has 1 aromatic heterocycles. The maximum absolute atomic E-state index is 12.2. The quantitative estimate of drug-likeness (QED) is 0.675. The van der Waals surface area contributed by atoms with E-state index in [9.17, 15) is 8.42 Å². The molecule has 0 spiro atoms. The molecule has 0 atom stereocenters. The first-order chi connectivity index (χ1) is 9.92. The zero-order valence-electron chi connectivity index (χ0n) is 11.3. The third-order valence-electron chi connectivity index (χ3n) is 2.54. The number of nitrogens with zero attached hydrogens (tertiary/aromatic N) is 1. The van der Waals surface area contributed by atoms with Crippen LogP contribution in [0.5, 0.6) is 5.75 Å². The molecule has 0 bridgehead atoms. The molecule has 112 valence electrons. The summed E-state index contributed by atoms with van der Waals surface area (Å²) in [4.78, 5) is 1.99. The Kier molecular flexibility index (Phi) is 4.54. The highest BCUT2D eigenvalue weighted by Crippen LogP contribution is 2.26. The van der Waals surface area contributed by atoms with Crippen molar-refractivity contribution in [3.63, 3.8) is 0 Å². The maximum atomic E-state index is 12.2. The smallest absolute Gasteiger partial charge is 0.280 e. The van der Waals surface area contributed by atoms with Gasteiger partial charge in [0.05, 0.1) is 13.3 Å². The number of rotatable bonds is 5. The van der Waals surface area contributed by atoms with Gasteiger partial charge < -0.3 is 9.15 Å². The van der Waals surface area contributed by atoms with Crippen LogP contribution in [-0.4, -0.2) is 21.7 Å². The summed E-state index contributed by atoms with van der Waals surface area (Å²) in [6.45, 7) is 1.78. The molecule has 1 aromatic carbocycles. The van der Waals surface area contributed by atoms with Crippen LogP contribution in [0.15, 0.2) is 44.7 Å². The van der Waals surface area contributed by atoms with Crippen LogP contribution in [-0.2, 0) is 10.0 Å². The van der Waals surface area contributed by atoms with Crippen LogP contribution in [0.25, 0.3) is 0 Å². The van der Waals surface area contributed by atoms with Crippen LogP contribution in [0.4, 0.5) is 0 Å². The molecular formula is C13H13ClN2O4S. The summed E-state index contributed by atoms with van der Waals surface area (Å²) in [7, 11) is -2.52. The second-order valence-corrected chi connectivity index (χ2v) is 6.16. The number of sulfonamides is 1. The Morgan fingerprint density at radius 3 is 2.71 bits per heavy atom. The second kappa shape index (κ2) is 6.19. The number of aryl methyl sites for hydroxylation is 1. The van der Waals surface area contributed by atoms with Gasteiger partial charge in [0.15, 0.2) is 0 Å². The number of methoxy groups -OCH3 is 1. The van der Waals surface area contributed by atoms with Gasteiger partial charge in [0.1, 0.15) is 22.2 Å². The molecule has 0 saturated carbocycles. The van der Waals surface area contributed by atoms with Gasteiger partial charge in [-0.3, -0.25) is 0 Å². The molecule has 2 rings (SSSR count). The van der Waals surface area contributed by atoms with Crippen LogP contribution < -0.4 is 9.57 Å². The summed E-state index contributed by atoms with van der Waals surface area (Å²) in [5.41, 5.74) is 0. The highest BCUT2D eigenvalue weighted by atomic mass is 35.5. The molecule has 0 fully saturated rings. The third kappa shape index (κ3) is 3.77. The van der Waals surface area contributed by atoms with E-state index in [1.54, 1.807) is 19.1 Å². The summed E-state index contributed by atoms with van der Waals surface area (Å²) in [5.74, 6) is 1.32. The van der Waals surface area contributed by atoms with E-state index >= 15 is 0 Å². The van der Waals surface area contributed by atoms with Crippen molar-refractivity contribution in [2.45, 2.75) is 11.8 Å². The Labute approximate surface area is 127 Å². The van der Waals surface area contributed by atoms with E-state index in [0.717, 1.165) is 0 Å². The number of hydrazone groups is 1. The van der Waals surface area contributed by atoms with Gasteiger partial charge in [-0.1, -0.05) is 11.6 Å². The number of ether oxygens (including phenoxy) is 1. The molecule has 1 heterocycles. The summed E-state index contributed by atoms with van der Waals surface area (Å²) < 4.78 is 34.6. The lowest BCUT2D eigenvalue weighted by Crippen LogP contribution is -2.19. The SMILES string of the molecule is COc1ccc(Cl)cc1S(=O)(=O)N/N=C/c1ccc(C)o1. The fraction of sp³-hybridized carbons (Fsp3) is 0.154. The standard InChI is InChI=1S/C13H13ClN2O4S/c1-9-3-5-11(20-9)8-15-16-21(17,18)13-7-10(14)4-6-12(13)19-2/h3-8,16H,1-2H3/b15-8+. The van der Waals surface area contributed by atoms with Gasteiger partial charge in [-0.25, -0.2) is 0 Å². The zero-order valence-corrected chi connectivity index (χ0v) is 12.9. The number of nitrogens with one attached hydrogen (secondary N) is 1. The van der Waals surface area contributed by atoms with Crippen LogP contribution in [0.3, 0.4) is 0 Å². The molecule has 0 aliphatic carbocycles. The van der Waals surface area contributed by atoms with Crippen molar-refractivity contribution in [3.05, 3.63) is 46.9 Å². The Bertz CT molecular complexity index is 768. The minimum atomic E-state index is -3.89. The molecule has 2 aromatic rings. The first-order valence-corrected chi connectivity index (χ1v) is 7.73. The van der Waals surface area contributed by atoms with Gasteiger partial charge in [-0.15, -0.1) is 0 Å². The van der Waals surface area contributed by atoms with Gasteiger partial charge in [0.2, 0.25) is 0 Å². The van der Waals surface area contributed by atoms with Crippen molar-refractivity contribution in [2.75, 3.05) is 7.11 Å². The molecular weight excluding hydrogens is 316 g/mol. The van der Waals surface area contributed by atoms with E-state index in [1.165, 1.54) is 31.5 Å². The molecule has 1 N–H and O–H groups in total. The predicted molar refractivity (Wildman–Crippen MR) is 79.4 cm³/mol.